The average molecular weight is 298 g/mol. The van der Waals surface area contributed by atoms with Crippen LogP contribution in [0.5, 0.6) is 5.75 Å². The predicted octanol–water partition coefficient (Wildman–Crippen LogP) is 0.672. The van der Waals surface area contributed by atoms with E-state index in [0.717, 1.165) is 6.07 Å². The number of hydrogen-bond donors (Lipinski definition) is 1. The van der Waals surface area contributed by atoms with E-state index in [4.69, 9.17) is 14.7 Å². The van der Waals surface area contributed by atoms with E-state index in [1.807, 2.05) is 0 Å². The first-order chi connectivity index (χ1) is 9.35. The zero-order valence-electron chi connectivity index (χ0n) is 11.2. The second-order valence-corrected chi connectivity index (χ2v) is 5.60. The highest BCUT2D eigenvalue weighted by molar-refractivity contribution is 7.89. The van der Waals surface area contributed by atoms with Gasteiger partial charge >= 0.3 is 5.97 Å². The minimum absolute atomic E-state index is 0.0155. The highest BCUT2D eigenvalue weighted by Gasteiger charge is 2.21. The van der Waals surface area contributed by atoms with Gasteiger partial charge in [-0.3, -0.25) is 0 Å². The molecule has 1 atom stereocenters. The third-order valence-corrected chi connectivity index (χ3v) is 3.86. The van der Waals surface area contributed by atoms with Crippen LogP contribution >= 0.6 is 0 Å². The first-order valence-electron chi connectivity index (χ1n) is 5.58. The zero-order chi connectivity index (χ0) is 15.3. The molecule has 0 saturated carbocycles. The Kier molecular flexibility index (Phi) is 5.07. The highest BCUT2D eigenvalue weighted by Crippen LogP contribution is 2.25. The summed E-state index contributed by atoms with van der Waals surface area (Å²) in [7, 11) is -1.21. The summed E-state index contributed by atoms with van der Waals surface area (Å²) in [4.78, 5) is 11.6. The molecule has 1 N–H and O–H groups in total. The van der Waals surface area contributed by atoms with Crippen LogP contribution in [0.4, 0.5) is 0 Å². The summed E-state index contributed by atoms with van der Waals surface area (Å²) < 4.78 is 35.6. The molecule has 0 saturated heterocycles. The van der Waals surface area contributed by atoms with E-state index in [1.165, 1.54) is 33.2 Å². The summed E-state index contributed by atoms with van der Waals surface area (Å²) in [5.41, 5.74) is 0.0155. The molecule has 0 heterocycles. The summed E-state index contributed by atoms with van der Waals surface area (Å²) in [5.74, 6) is -0.682. The molecule has 0 aliphatic carbocycles. The van der Waals surface area contributed by atoms with Crippen LogP contribution in [0.2, 0.25) is 0 Å². The van der Waals surface area contributed by atoms with Gasteiger partial charge in [0.05, 0.1) is 12.7 Å². The van der Waals surface area contributed by atoms with E-state index >= 15 is 0 Å². The fraction of sp³-hybridized carbons (Fsp3) is 0.333. The number of esters is 1. The van der Waals surface area contributed by atoms with Gasteiger partial charge in [-0.25, -0.2) is 17.9 Å². The topological polar surface area (TPSA) is 105 Å². The molecule has 0 aliphatic heterocycles. The zero-order valence-corrected chi connectivity index (χ0v) is 12.0. The molecule has 0 aliphatic rings. The SMILES string of the molecule is CNS(=O)(=O)c1cc(C(=O)O[C@H](C)C#N)ccc1OC. The lowest BCUT2D eigenvalue weighted by molar-refractivity contribution is 0.0435. The number of ether oxygens (including phenoxy) is 2. The van der Waals surface area contributed by atoms with Gasteiger partial charge in [-0.05, 0) is 32.2 Å². The van der Waals surface area contributed by atoms with Crippen LogP contribution in [-0.4, -0.2) is 34.6 Å². The average Bonchev–Trinajstić information content (AvgIpc) is 2.46. The first kappa shape index (κ1) is 15.9. The van der Waals surface area contributed by atoms with Gasteiger partial charge < -0.3 is 9.47 Å². The van der Waals surface area contributed by atoms with Gasteiger partial charge in [0.15, 0.2) is 6.10 Å². The minimum Gasteiger partial charge on any atom is -0.495 e. The second kappa shape index (κ2) is 6.36. The lowest BCUT2D eigenvalue weighted by Crippen LogP contribution is -2.20. The van der Waals surface area contributed by atoms with Gasteiger partial charge in [0.2, 0.25) is 10.0 Å². The number of hydrogen-bond acceptors (Lipinski definition) is 6. The molecule has 0 amide bonds. The molecule has 0 unspecified atom stereocenters. The first-order valence-corrected chi connectivity index (χ1v) is 7.06. The fourth-order valence-electron chi connectivity index (χ4n) is 1.38. The van der Waals surface area contributed by atoms with Crippen molar-refractivity contribution in [3.8, 4) is 11.8 Å². The van der Waals surface area contributed by atoms with Gasteiger partial charge in [-0.15, -0.1) is 0 Å². The number of carbonyl (C=O) groups excluding carboxylic acids is 1. The van der Waals surface area contributed by atoms with Crippen LogP contribution < -0.4 is 9.46 Å². The van der Waals surface area contributed by atoms with Crippen molar-refractivity contribution in [1.82, 2.24) is 4.72 Å². The summed E-state index contributed by atoms with van der Waals surface area (Å²) >= 11 is 0. The lowest BCUT2D eigenvalue weighted by atomic mass is 10.2. The molecule has 0 fully saturated rings. The van der Waals surface area contributed by atoms with Crippen LogP contribution in [0.1, 0.15) is 17.3 Å². The van der Waals surface area contributed by atoms with Gasteiger partial charge in [0.25, 0.3) is 0 Å². The van der Waals surface area contributed by atoms with Crippen molar-refractivity contribution in [3.63, 3.8) is 0 Å². The Morgan fingerprint density at radius 1 is 1.45 bits per heavy atom. The van der Waals surface area contributed by atoms with Crippen molar-refractivity contribution in [2.45, 2.75) is 17.9 Å². The molecular weight excluding hydrogens is 284 g/mol. The number of sulfonamides is 1. The third kappa shape index (κ3) is 3.46. The molecule has 8 heteroatoms. The van der Waals surface area contributed by atoms with Crippen LogP contribution in [0.3, 0.4) is 0 Å². The molecular formula is C12H14N2O5S. The van der Waals surface area contributed by atoms with Gasteiger partial charge in [0.1, 0.15) is 16.7 Å². The number of carbonyl (C=O) groups is 1. The summed E-state index contributed by atoms with van der Waals surface area (Å²) in [5, 5.41) is 8.58. The summed E-state index contributed by atoms with van der Waals surface area (Å²) in [6.07, 6.45) is -0.922. The van der Waals surface area contributed by atoms with Gasteiger partial charge in [-0.1, -0.05) is 0 Å². The molecule has 0 radical (unpaired) electrons. The Morgan fingerprint density at radius 2 is 2.10 bits per heavy atom. The predicted molar refractivity (Wildman–Crippen MR) is 69.7 cm³/mol. The van der Waals surface area contributed by atoms with E-state index in [-0.39, 0.29) is 16.2 Å². The van der Waals surface area contributed by atoms with Crippen molar-refractivity contribution < 1.29 is 22.7 Å². The number of nitrogens with one attached hydrogen (secondary N) is 1. The molecule has 0 spiro atoms. The minimum atomic E-state index is -3.78. The van der Waals surface area contributed by atoms with Gasteiger partial charge in [-0.2, -0.15) is 5.26 Å². The van der Waals surface area contributed by atoms with E-state index in [2.05, 4.69) is 4.72 Å². The maximum Gasteiger partial charge on any atom is 0.339 e. The largest absolute Gasteiger partial charge is 0.495 e. The Morgan fingerprint density at radius 3 is 2.60 bits per heavy atom. The van der Waals surface area contributed by atoms with Crippen LogP contribution in [0.25, 0.3) is 0 Å². The Balaban J connectivity index is 3.24. The molecule has 1 aromatic carbocycles. The smallest absolute Gasteiger partial charge is 0.339 e. The molecule has 0 bridgehead atoms. The van der Waals surface area contributed by atoms with Crippen molar-refractivity contribution in [3.05, 3.63) is 23.8 Å². The highest BCUT2D eigenvalue weighted by atomic mass is 32.2. The van der Waals surface area contributed by atoms with Crippen LogP contribution in [0, 0.1) is 11.3 Å². The molecule has 7 nitrogen and oxygen atoms in total. The van der Waals surface area contributed by atoms with Crippen molar-refractivity contribution in [2.75, 3.05) is 14.2 Å². The normalized spacial score (nSPS) is 12.3. The molecule has 0 aromatic heterocycles. The standard InChI is InChI=1S/C12H14N2O5S/c1-8(7-13)19-12(15)9-4-5-10(18-3)11(6-9)20(16,17)14-2/h4-6,8,14H,1-3H3/t8-/m1/s1. The molecule has 108 valence electrons. The van der Waals surface area contributed by atoms with Crippen LogP contribution in [-0.2, 0) is 14.8 Å². The Bertz CT molecular complexity index is 648. The summed E-state index contributed by atoms with van der Waals surface area (Å²) in [6, 6.07) is 5.59. The summed E-state index contributed by atoms with van der Waals surface area (Å²) in [6.45, 7) is 1.41. The van der Waals surface area contributed by atoms with E-state index in [9.17, 15) is 13.2 Å². The number of rotatable bonds is 5. The number of nitriles is 1. The van der Waals surface area contributed by atoms with E-state index < -0.39 is 22.1 Å². The maximum atomic E-state index is 11.8. The lowest BCUT2D eigenvalue weighted by Gasteiger charge is -2.11. The van der Waals surface area contributed by atoms with Crippen LogP contribution in [0.15, 0.2) is 23.1 Å². The number of benzene rings is 1. The second-order valence-electron chi connectivity index (χ2n) is 3.75. The Hall–Kier alpha value is -2.11. The molecule has 1 aromatic rings. The molecule has 20 heavy (non-hydrogen) atoms. The van der Waals surface area contributed by atoms with E-state index in [1.54, 1.807) is 6.07 Å². The van der Waals surface area contributed by atoms with Gasteiger partial charge in [0, 0.05) is 0 Å². The van der Waals surface area contributed by atoms with Crippen molar-refractivity contribution >= 4 is 16.0 Å². The molecule has 1 rings (SSSR count). The number of methoxy groups -OCH3 is 1. The third-order valence-electron chi connectivity index (χ3n) is 2.42. The van der Waals surface area contributed by atoms with Crippen molar-refractivity contribution in [2.24, 2.45) is 0 Å². The maximum absolute atomic E-state index is 11.8. The Labute approximate surface area is 117 Å². The number of nitrogens with zero attached hydrogens (tertiary/aromatic N) is 1. The quantitative estimate of drug-likeness (QED) is 0.801. The fourth-order valence-corrected chi connectivity index (χ4v) is 2.30. The van der Waals surface area contributed by atoms with Crippen molar-refractivity contribution in [1.29, 1.82) is 5.26 Å². The monoisotopic (exact) mass is 298 g/mol. The van der Waals surface area contributed by atoms with E-state index in [0.29, 0.717) is 0 Å².